The van der Waals surface area contributed by atoms with Crippen LogP contribution in [0.15, 0.2) is 48.5 Å². The van der Waals surface area contributed by atoms with Crippen molar-refractivity contribution in [1.29, 1.82) is 0 Å². The van der Waals surface area contributed by atoms with Crippen LogP contribution >= 0.6 is 0 Å². The Kier molecular flexibility index (Phi) is 5.59. The highest BCUT2D eigenvalue weighted by Gasteiger charge is 2.21. The highest BCUT2D eigenvalue weighted by molar-refractivity contribution is 5.91. The monoisotopic (exact) mass is 338 g/mol. The van der Waals surface area contributed by atoms with E-state index >= 15 is 0 Å². The summed E-state index contributed by atoms with van der Waals surface area (Å²) >= 11 is 0. The van der Waals surface area contributed by atoms with Crippen LogP contribution in [0.3, 0.4) is 0 Å². The van der Waals surface area contributed by atoms with Crippen LogP contribution < -0.4 is 10.1 Å². The van der Waals surface area contributed by atoms with E-state index in [4.69, 9.17) is 4.74 Å². The van der Waals surface area contributed by atoms with Gasteiger partial charge in [-0.15, -0.1) is 0 Å². The van der Waals surface area contributed by atoms with Gasteiger partial charge in [-0.3, -0.25) is 0 Å². The zero-order valence-electron chi connectivity index (χ0n) is 15.0. The van der Waals surface area contributed by atoms with Gasteiger partial charge in [0, 0.05) is 13.1 Å². The molecule has 2 aromatic rings. The number of aryl methyl sites for hydroxylation is 1. The van der Waals surface area contributed by atoms with E-state index in [1.807, 2.05) is 60.4 Å². The fourth-order valence-electron chi connectivity index (χ4n) is 2.99. The number of likely N-dealkylation sites (tertiary alicyclic amines) is 1. The van der Waals surface area contributed by atoms with Gasteiger partial charge in [0.05, 0.1) is 5.69 Å². The fourth-order valence-corrected chi connectivity index (χ4v) is 2.99. The average molecular weight is 338 g/mol. The molecule has 4 heteroatoms. The molecule has 1 aliphatic rings. The first-order chi connectivity index (χ1) is 12.1. The molecule has 1 heterocycles. The van der Waals surface area contributed by atoms with E-state index in [1.165, 1.54) is 0 Å². The minimum atomic E-state index is -0.0414. The van der Waals surface area contributed by atoms with Gasteiger partial charge in [0.25, 0.3) is 0 Å². The number of nitrogens with one attached hydrogen (secondary N) is 1. The van der Waals surface area contributed by atoms with Gasteiger partial charge in [0.15, 0.2) is 0 Å². The molecule has 0 aromatic heterocycles. The summed E-state index contributed by atoms with van der Waals surface area (Å²) < 4.78 is 5.98. The first-order valence-electron chi connectivity index (χ1n) is 8.95. The van der Waals surface area contributed by atoms with Gasteiger partial charge >= 0.3 is 6.03 Å². The van der Waals surface area contributed by atoms with E-state index < -0.39 is 0 Å². The van der Waals surface area contributed by atoms with Crippen LogP contribution in [-0.4, -0.2) is 24.0 Å². The lowest BCUT2D eigenvalue weighted by molar-refractivity contribution is 0.186. The number of carbonyl (C=O) groups is 1. The number of nitrogens with zero attached hydrogens (tertiary/aromatic N) is 1. The molecule has 1 fully saturated rings. The minimum absolute atomic E-state index is 0.0414. The average Bonchev–Trinajstić information content (AvgIpc) is 2.63. The van der Waals surface area contributed by atoms with Crippen molar-refractivity contribution in [2.45, 2.75) is 33.3 Å². The van der Waals surface area contributed by atoms with Crippen LogP contribution in [0.2, 0.25) is 0 Å². The Morgan fingerprint density at radius 1 is 1.16 bits per heavy atom. The SMILES string of the molecule is Cc1ccc(NC(=O)N2CCC(C)CC2)c(OCc2ccccc2)c1. The molecule has 0 saturated carbocycles. The second-order valence-electron chi connectivity index (χ2n) is 6.87. The molecule has 0 aliphatic carbocycles. The summed E-state index contributed by atoms with van der Waals surface area (Å²) in [5, 5.41) is 3.02. The summed E-state index contributed by atoms with van der Waals surface area (Å²) in [6.07, 6.45) is 2.14. The van der Waals surface area contributed by atoms with E-state index in [2.05, 4.69) is 12.2 Å². The Hall–Kier alpha value is -2.49. The molecule has 0 unspecified atom stereocenters. The van der Waals surface area contributed by atoms with Gasteiger partial charge in [-0.2, -0.15) is 0 Å². The van der Waals surface area contributed by atoms with Crippen LogP contribution in [0.4, 0.5) is 10.5 Å². The van der Waals surface area contributed by atoms with Gasteiger partial charge in [-0.25, -0.2) is 4.79 Å². The summed E-state index contributed by atoms with van der Waals surface area (Å²) in [6, 6.07) is 15.9. The minimum Gasteiger partial charge on any atom is -0.487 e. The Morgan fingerprint density at radius 2 is 1.88 bits per heavy atom. The fraction of sp³-hybridized carbons (Fsp3) is 0.381. The normalized spacial score (nSPS) is 15.0. The lowest BCUT2D eigenvalue weighted by Gasteiger charge is -2.30. The molecule has 0 bridgehead atoms. The van der Waals surface area contributed by atoms with Crippen molar-refractivity contribution in [3.05, 3.63) is 59.7 Å². The maximum absolute atomic E-state index is 12.5. The topological polar surface area (TPSA) is 41.6 Å². The summed E-state index contributed by atoms with van der Waals surface area (Å²) in [6.45, 7) is 6.38. The predicted molar refractivity (Wildman–Crippen MR) is 101 cm³/mol. The Morgan fingerprint density at radius 3 is 2.60 bits per heavy atom. The molecule has 25 heavy (non-hydrogen) atoms. The number of ether oxygens (including phenoxy) is 1. The third-order valence-corrected chi connectivity index (χ3v) is 4.69. The molecule has 1 N–H and O–H groups in total. The molecule has 0 radical (unpaired) electrons. The zero-order chi connectivity index (χ0) is 17.6. The first-order valence-corrected chi connectivity index (χ1v) is 8.95. The van der Waals surface area contributed by atoms with Crippen LogP contribution in [0.25, 0.3) is 0 Å². The summed E-state index contributed by atoms with van der Waals surface area (Å²) in [4.78, 5) is 14.4. The van der Waals surface area contributed by atoms with Crippen molar-refractivity contribution in [2.75, 3.05) is 18.4 Å². The van der Waals surface area contributed by atoms with E-state index in [0.29, 0.717) is 18.3 Å². The standard InChI is InChI=1S/C21H26N2O2/c1-16-10-12-23(13-11-16)21(24)22-19-9-8-17(2)14-20(19)25-15-18-6-4-3-5-7-18/h3-9,14,16H,10-13,15H2,1-2H3,(H,22,24). The lowest BCUT2D eigenvalue weighted by atomic mass is 10.00. The summed E-state index contributed by atoms with van der Waals surface area (Å²) in [5.74, 6) is 1.41. The molecule has 3 rings (SSSR count). The molecule has 0 spiro atoms. The molecular weight excluding hydrogens is 312 g/mol. The van der Waals surface area contributed by atoms with E-state index in [-0.39, 0.29) is 6.03 Å². The smallest absolute Gasteiger partial charge is 0.321 e. The van der Waals surface area contributed by atoms with Crippen molar-refractivity contribution < 1.29 is 9.53 Å². The quantitative estimate of drug-likeness (QED) is 0.867. The van der Waals surface area contributed by atoms with Crippen molar-refractivity contribution in [1.82, 2.24) is 4.90 Å². The number of hydrogen-bond donors (Lipinski definition) is 1. The van der Waals surface area contributed by atoms with Crippen LogP contribution in [0.5, 0.6) is 5.75 Å². The van der Waals surface area contributed by atoms with Crippen molar-refractivity contribution >= 4 is 11.7 Å². The number of piperidine rings is 1. The molecule has 1 aliphatic heterocycles. The number of rotatable bonds is 4. The van der Waals surface area contributed by atoms with Crippen molar-refractivity contribution in [3.8, 4) is 5.75 Å². The third kappa shape index (κ3) is 4.75. The number of amides is 2. The van der Waals surface area contributed by atoms with Gasteiger partial charge < -0.3 is 15.0 Å². The molecule has 2 amide bonds. The molecule has 2 aromatic carbocycles. The maximum Gasteiger partial charge on any atom is 0.321 e. The first kappa shape index (κ1) is 17.3. The number of benzene rings is 2. The molecular formula is C21H26N2O2. The molecule has 4 nitrogen and oxygen atoms in total. The highest BCUT2D eigenvalue weighted by Crippen LogP contribution is 2.27. The van der Waals surface area contributed by atoms with Crippen molar-refractivity contribution in [2.24, 2.45) is 5.92 Å². The molecule has 0 atom stereocenters. The Labute approximate surface area is 149 Å². The number of anilines is 1. The largest absolute Gasteiger partial charge is 0.487 e. The van der Waals surface area contributed by atoms with Crippen LogP contribution in [0, 0.1) is 12.8 Å². The lowest BCUT2D eigenvalue weighted by Crippen LogP contribution is -2.40. The van der Waals surface area contributed by atoms with Crippen molar-refractivity contribution in [3.63, 3.8) is 0 Å². The van der Waals surface area contributed by atoms with E-state index in [0.717, 1.165) is 42.7 Å². The van der Waals surface area contributed by atoms with E-state index in [9.17, 15) is 4.79 Å². The van der Waals surface area contributed by atoms with Gasteiger partial charge in [0.2, 0.25) is 0 Å². The van der Waals surface area contributed by atoms with Gasteiger partial charge in [0.1, 0.15) is 12.4 Å². The summed E-state index contributed by atoms with van der Waals surface area (Å²) in [5.41, 5.74) is 2.93. The predicted octanol–water partition coefficient (Wildman–Crippen LogP) is 4.84. The number of hydrogen-bond acceptors (Lipinski definition) is 2. The van der Waals surface area contributed by atoms with Crippen LogP contribution in [-0.2, 0) is 6.61 Å². The van der Waals surface area contributed by atoms with Gasteiger partial charge in [-0.1, -0.05) is 43.3 Å². The maximum atomic E-state index is 12.5. The Bertz CT molecular complexity index is 707. The zero-order valence-corrected chi connectivity index (χ0v) is 15.0. The second-order valence-corrected chi connectivity index (χ2v) is 6.87. The molecule has 132 valence electrons. The Balaban J connectivity index is 1.67. The highest BCUT2D eigenvalue weighted by atomic mass is 16.5. The van der Waals surface area contributed by atoms with Gasteiger partial charge in [-0.05, 0) is 48.9 Å². The third-order valence-electron chi connectivity index (χ3n) is 4.69. The van der Waals surface area contributed by atoms with Crippen LogP contribution in [0.1, 0.15) is 30.9 Å². The van der Waals surface area contributed by atoms with E-state index in [1.54, 1.807) is 0 Å². The second kappa shape index (κ2) is 8.06. The summed E-state index contributed by atoms with van der Waals surface area (Å²) in [7, 11) is 0. The number of urea groups is 1. The number of carbonyl (C=O) groups excluding carboxylic acids is 1. The molecule has 1 saturated heterocycles.